The maximum Gasteiger partial charge on any atom is 0.231 e. The Balaban J connectivity index is 1.95. The fourth-order valence-corrected chi connectivity index (χ4v) is 2.88. The summed E-state index contributed by atoms with van der Waals surface area (Å²) in [6.45, 7) is 1.01. The van der Waals surface area contributed by atoms with Crippen LogP contribution < -0.4 is 15.2 Å². The predicted molar refractivity (Wildman–Crippen MR) is 71.2 cm³/mol. The maximum atomic E-state index is 5.50. The Hall–Kier alpha value is -1.40. The summed E-state index contributed by atoms with van der Waals surface area (Å²) in [6.07, 6.45) is 0.997. The lowest BCUT2D eigenvalue weighted by atomic mass is 10.3. The fourth-order valence-electron chi connectivity index (χ4n) is 1.94. The number of aromatic nitrogens is 2. The van der Waals surface area contributed by atoms with Crippen LogP contribution in [0.5, 0.6) is 11.5 Å². The van der Waals surface area contributed by atoms with Gasteiger partial charge >= 0.3 is 0 Å². The molecule has 0 bridgehead atoms. The van der Waals surface area contributed by atoms with E-state index in [4.69, 9.17) is 15.2 Å². The van der Waals surface area contributed by atoms with Gasteiger partial charge in [0, 0.05) is 24.9 Å². The summed E-state index contributed by atoms with van der Waals surface area (Å²) in [6, 6.07) is 3.92. The molecule has 1 aromatic carbocycles. The van der Waals surface area contributed by atoms with Crippen molar-refractivity contribution < 1.29 is 9.47 Å². The second-order valence-electron chi connectivity index (χ2n) is 4.14. The van der Waals surface area contributed by atoms with Crippen LogP contribution in [0.25, 0.3) is 11.0 Å². The van der Waals surface area contributed by atoms with Crippen LogP contribution in [0, 0.1) is 0 Å². The van der Waals surface area contributed by atoms with E-state index in [2.05, 4.69) is 9.55 Å². The number of ether oxygens (including phenoxy) is 2. The molecular formula is C12H15N3O2S. The summed E-state index contributed by atoms with van der Waals surface area (Å²) in [7, 11) is 2.02. The first kappa shape index (κ1) is 11.7. The van der Waals surface area contributed by atoms with E-state index >= 15 is 0 Å². The maximum absolute atomic E-state index is 5.50. The van der Waals surface area contributed by atoms with Gasteiger partial charge in [-0.05, 0) is 13.0 Å². The van der Waals surface area contributed by atoms with Gasteiger partial charge in [-0.3, -0.25) is 0 Å². The normalized spacial score (nSPS) is 13.4. The summed E-state index contributed by atoms with van der Waals surface area (Å²) in [5, 5.41) is 1.00. The molecule has 0 spiro atoms. The molecule has 0 saturated heterocycles. The first-order valence-electron chi connectivity index (χ1n) is 5.88. The summed E-state index contributed by atoms with van der Waals surface area (Å²) in [5.74, 6) is 2.56. The lowest BCUT2D eigenvalue weighted by molar-refractivity contribution is 0.174. The van der Waals surface area contributed by atoms with Crippen LogP contribution in [0.4, 0.5) is 0 Å². The summed E-state index contributed by atoms with van der Waals surface area (Å²) >= 11 is 1.72. The summed E-state index contributed by atoms with van der Waals surface area (Å²) in [4.78, 5) is 4.61. The minimum Gasteiger partial charge on any atom is -0.454 e. The smallest absolute Gasteiger partial charge is 0.231 e. The second-order valence-corrected chi connectivity index (χ2v) is 5.20. The average Bonchev–Trinajstić information content (AvgIpc) is 2.93. The van der Waals surface area contributed by atoms with E-state index in [9.17, 15) is 0 Å². The third kappa shape index (κ3) is 1.91. The minimum absolute atomic E-state index is 0.295. The first-order valence-corrected chi connectivity index (χ1v) is 6.87. The van der Waals surface area contributed by atoms with Gasteiger partial charge < -0.3 is 19.8 Å². The van der Waals surface area contributed by atoms with Gasteiger partial charge in [-0.1, -0.05) is 11.8 Å². The third-order valence-electron chi connectivity index (χ3n) is 2.91. The lowest BCUT2D eigenvalue weighted by Crippen LogP contribution is -2.00. The first-order chi connectivity index (χ1) is 8.79. The van der Waals surface area contributed by atoms with Gasteiger partial charge in [-0.25, -0.2) is 4.98 Å². The highest BCUT2D eigenvalue weighted by molar-refractivity contribution is 7.99. The number of nitrogens with two attached hydrogens (primary N) is 1. The molecule has 0 radical (unpaired) electrons. The van der Waals surface area contributed by atoms with Crippen molar-refractivity contribution in [3.63, 3.8) is 0 Å². The van der Waals surface area contributed by atoms with Crippen LogP contribution in [0.2, 0.25) is 0 Å². The molecule has 3 rings (SSSR count). The van der Waals surface area contributed by atoms with Crippen LogP contribution in [0.1, 0.15) is 6.42 Å². The Labute approximate surface area is 109 Å². The van der Waals surface area contributed by atoms with Gasteiger partial charge in [-0.2, -0.15) is 0 Å². The topological polar surface area (TPSA) is 62.3 Å². The van der Waals surface area contributed by atoms with E-state index in [0.717, 1.165) is 39.9 Å². The highest BCUT2D eigenvalue weighted by Gasteiger charge is 2.17. The van der Waals surface area contributed by atoms with Gasteiger partial charge in [0.1, 0.15) is 0 Å². The zero-order chi connectivity index (χ0) is 12.5. The van der Waals surface area contributed by atoms with E-state index < -0.39 is 0 Å². The molecule has 18 heavy (non-hydrogen) atoms. The van der Waals surface area contributed by atoms with Crippen molar-refractivity contribution in [2.45, 2.75) is 11.6 Å². The highest BCUT2D eigenvalue weighted by atomic mass is 32.2. The molecule has 0 unspecified atom stereocenters. The monoisotopic (exact) mass is 265 g/mol. The third-order valence-corrected chi connectivity index (χ3v) is 4.03. The van der Waals surface area contributed by atoms with Crippen molar-refractivity contribution in [2.24, 2.45) is 12.8 Å². The molecule has 0 saturated carbocycles. The predicted octanol–water partition coefficient (Wildman–Crippen LogP) is 1.74. The van der Waals surface area contributed by atoms with Gasteiger partial charge in [0.05, 0.1) is 11.0 Å². The SMILES string of the molecule is Cn1c(SCCCN)nc2cc3c(cc21)OCO3. The second kappa shape index (κ2) is 4.70. The molecule has 0 atom stereocenters. The molecule has 0 aliphatic carbocycles. The number of imidazole rings is 1. The van der Waals surface area contributed by atoms with E-state index in [1.165, 1.54) is 0 Å². The van der Waals surface area contributed by atoms with Crippen LogP contribution in [-0.2, 0) is 7.05 Å². The molecule has 0 fully saturated rings. The highest BCUT2D eigenvalue weighted by Crippen LogP contribution is 2.36. The molecule has 5 nitrogen and oxygen atoms in total. The zero-order valence-corrected chi connectivity index (χ0v) is 11.0. The lowest BCUT2D eigenvalue weighted by Gasteiger charge is -2.01. The number of hydrogen-bond acceptors (Lipinski definition) is 5. The number of hydrogen-bond donors (Lipinski definition) is 1. The van der Waals surface area contributed by atoms with Crippen molar-refractivity contribution >= 4 is 22.8 Å². The van der Waals surface area contributed by atoms with E-state index in [0.29, 0.717) is 13.3 Å². The number of benzene rings is 1. The Morgan fingerprint density at radius 2 is 2.17 bits per heavy atom. The van der Waals surface area contributed by atoms with Crippen LogP contribution >= 0.6 is 11.8 Å². The number of nitrogens with zero attached hydrogens (tertiary/aromatic N) is 2. The van der Waals surface area contributed by atoms with Crippen LogP contribution in [0.3, 0.4) is 0 Å². The minimum atomic E-state index is 0.295. The molecule has 2 aromatic rings. The molecule has 1 aliphatic rings. The van der Waals surface area contributed by atoms with Crippen molar-refractivity contribution in [2.75, 3.05) is 19.1 Å². The van der Waals surface area contributed by atoms with E-state index in [1.807, 2.05) is 19.2 Å². The molecule has 2 N–H and O–H groups in total. The largest absolute Gasteiger partial charge is 0.454 e. The molecule has 1 aromatic heterocycles. The average molecular weight is 265 g/mol. The van der Waals surface area contributed by atoms with Crippen molar-refractivity contribution in [1.82, 2.24) is 9.55 Å². The Morgan fingerprint density at radius 3 is 2.94 bits per heavy atom. The molecule has 0 amide bonds. The quantitative estimate of drug-likeness (QED) is 0.674. The Bertz CT molecular complexity index is 582. The van der Waals surface area contributed by atoms with Gasteiger partial charge in [0.15, 0.2) is 16.7 Å². The number of rotatable bonds is 4. The summed E-state index contributed by atoms with van der Waals surface area (Å²) in [5.41, 5.74) is 7.50. The number of fused-ring (bicyclic) bond motifs is 2. The Kier molecular flexibility index (Phi) is 3.05. The summed E-state index contributed by atoms with van der Waals surface area (Å²) < 4.78 is 12.8. The number of aryl methyl sites for hydroxylation is 1. The van der Waals surface area contributed by atoms with Crippen molar-refractivity contribution in [1.29, 1.82) is 0 Å². The van der Waals surface area contributed by atoms with E-state index in [1.54, 1.807) is 11.8 Å². The zero-order valence-electron chi connectivity index (χ0n) is 10.2. The van der Waals surface area contributed by atoms with Crippen LogP contribution in [0.15, 0.2) is 17.3 Å². The molecule has 6 heteroatoms. The molecular weight excluding hydrogens is 250 g/mol. The van der Waals surface area contributed by atoms with Gasteiger partial charge in [0.2, 0.25) is 6.79 Å². The van der Waals surface area contributed by atoms with Crippen molar-refractivity contribution in [3.05, 3.63) is 12.1 Å². The molecule has 96 valence electrons. The van der Waals surface area contributed by atoms with Gasteiger partial charge in [-0.15, -0.1) is 0 Å². The standard InChI is InChI=1S/C12H15N3O2S/c1-15-9-6-11-10(16-7-17-11)5-8(9)14-12(15)18-4-2-3-13/h5-6H,2-4,7,13H2,1H3. The molecule has 2 heterocycles. The fraction of sp³-hybridized carbons (Fsp3) is 0.417. The van der Waals surface area contributed by atoms with Crippen LogP contribution in [-0.4, -0.2) is 28.6 Å². The molecule has 1 aliphatic heterocycles. The number of thioether (sulfide) groups is 1. The van der Waals surface area contributed by atoms with E-state index in [-0.39, 0.29) is 0 Å². The van der Waals surface area contributed by atoms with Crippen molar-refractivity contribution in [3.8, 4) is 11.5 Å². The van der Waals surface area contributed by atoms with Gasteiger partial charge in [0.25, 0.3) is 0 Å². The Morgan fingerprint density at radius 1 is 1.39 bits per heavy atom.